The molecule has 2 aromatic carbocycles. The molecule has 0 spiro atoms. The summed E-state index contributed by atoms with van der Waals surface area (Å²) in [6, 6.07) is 14.0. The van der Waals surface area contributed by atoms with E-state index in [1.54, 1.807) is 0 Å². The van der Waals surface area contributed by atoms with Crippen molar-refractivity contribution in [3.8, 4) is 5.75 Å². The van der Waals surface area contributed by atoms with E-state index in [0.29, 0.717) is 5.75 Å². The standard InChI is InChI=1S/C23H28N2O2/c1-4-5-6-7-12-22-17(2)24-25(18(22)3)23(26)16-27-21-14-13-19-10-8-9-11-20(19)15-21/h8-11,13-15H,4-7,12,16H2,1-3H3. The highest BCUT2D eigenvalue weighted by atomic mass is 16.5. The minimum atomic E-state index is -0.136. The van der Waals surface area contributed by atoms with Gasteiger partial charge in [-0.05, 0) is 55.2 Å². The SMILES string of the molecule is CCCCCCc1c(C)nn(C(=O)COc2ccc3ccccc3c2)c1C. The lowest BCUT2D eigenvalue weighted by Crippen LogP contribution is -2.21. The second-order valence-corrected chi connectivity index (χ2v) is 7.06. The van der Waals surface area contributed by atoms with Gasteiger partial charge in [0, 0.05) is 5.69 Å². The topological polar surface area (TPSA) is 44.1 Å². The van der Waals surface area contributed by atoms with E-state index in [1.165, 1.54) is 29.5 Å². The summed E-state index contributed by atoms with van der Waals surface area (Å²) in [4.78, 5) is 12.6. The Morgan fingerprint density at radius 2 is 1.81 bits per heavy atom. The molecule has 3 rings (SSSR count). The van der Waals surface area contributed by atoms with Crippen LogP contribution in [0.15, 0.2) is 42.5 Å². The van der Waals surface area contributed by atoms with E-state index < -0.39 is 0 Å². The maximum absolute atomic E-state index is 12.6. The Balaban J connectivity index is 1.65. The molecule has 0 unspecified atom stereocenters. The van der Waals surface area contributed by atoms with Gasteiger partial charge in [-0.25, -0.2) is 4.68 Å². The maximum atomic E-state index is 12.6. The Labute approximate surface area is 161 Å². The monoisotopic (exact) mass is 364 g/mol. The maximum Gasteiger partial charge on any atom is 0.284 e. The first-order valence-corrected chi connectivity index (χ1v) is 9.80. The minimum Gasteiger partial charge on any atom is -0.484 e. The zero-order valence-electron chi connectivity index (χ0n) is 16.5. The molecule has 0 fully saturated rings. The first-order valence-electron chi connectivity index (χ1n) is 9.80. The predicted molar refractivity (Wildman–Crippen MR) is 110 cm³/mol. The molecule has 0 saturated carbocycles. The lowest BCUT2D eigenvalue weighted by molar-refractivity contribution is 0.0818. The van der Waals surface area contributed by atoms with Crippen LogP contribution in [0.2, 0.25) is 0 Å². The number of carbonyl (C=O) groups is 1. The molecule has 0 radical (unpaired) electrons. The van der Waals surface area contributed by atoms with Crippen LogP contribution in [0.3, 0.4) is 0 Å². The third kappa shape index (κ3) is 4.57. The number of hydrogen-bond acceptors (Lipinski definition) is 3. The molecule has 0 aliphatic rings. The van der Waals surface area contributed by atoms with Crippen LogP contribution in [-0.2, 0) is 6.42 Å². The fraction of sp³-hybridized carbons (Fsp3) is 0.391. The average Bonchev–Trinajstić information content (AvgIpc) is 2.97. The number of unbranched alkanes of at least 4 members (excludes halogenated alkanes) is 3. The predicted octanol–water partition coefficient (Wildman–Crippen LogP) is 5.50. The lowest BCUT2D eigenvalue weighted by Gasteiger charge is -2.08. The molecule has 0 bridgehead atoms. The summed E-state index contributed by atoms with van der Waals surface area (Å²) in [6.45, 7) is 6.15. The van der Waals surface area contributed by atoms with Crippen molar-refractivity contribution in [1.29, 1.82) is 0 Å². The van der Waals surface area contributed by atoms with Crippen LogP contribution >= 0.6 is 0 Å². The number of aryl methyl sites for hydroxylation is 1. The summed E-state index contributed by atoms with van der Waals surface area (Å²) in [5.74, 6) is 0.562. The summed E-state index contributed by atoms with van der Waals surface area (Å²) >= 11 is 0. The van der Waals surface area contributed by atoms with Gasteiger partial charge in [0.25, 0.3) is 5.91 Å². The minimum absolute atomic E-state index is 0.0183. The zero-order valence-corrected chi connectivity index (χ0v) is 16.5. The van der Waals surface area contributed by atoms with Gasteiger partial charge in [-0.1, -0.05) is 56.5 Å². The van der Waals surface area contributed by atoms with Gasteiger partial charge < -0.3 is 4.74 Å². The Hall–Kier alpha value is -2.62. The third-order valence-electron chi connectivity index (χ3n) is 5.04. The van der Waals surface area contributed by atoms with Crippen molar-refractivity contribution in [2.45, 2.75) is 52.9 Å². The number of ether oxygens (including phenoxy) is 1. The number of hydrogen-bond donors (Lipinski definition) is 0. The normalized spacial score (nSPS) is 11.1. The highest BCUT2D eigenvalue weighted by Crippen LogP contribution is 2.21. The molecule has 4 nitrogen and oxygen atoms in total. The van der Waals surface area contributed by atoms with Crippen molar-refractivity contribution in [2.24, 2.45) is 0 Å². The van der Waals surface area contributed by atoms with Crippen LogP contribution in [0.4, 0.5) is 0 Å². The summed E-state index contributed by atoms with van der Waals surface area (Å²) in [6.07, 6.45) is 5.83. The zero-order chi connectivity index (χ0) is 19.2. The molecule has 3 aromatic rings. The Kier molecular flexibility index (Phi) is 6.28. The van der Waals surface area contributed by atoms with Gasteiger partial charge in [-0.2, -0.15) is 5.10 Å². The Morgan fingerprint density at radius 3 is 2.59 bits per heavy atom. The van der Waals surface area contributed by atoms with Crippen LogP contribution in [-0.4, -0.2) is 22.3 Å². The molecule has 0 amide bonds. The largest absolute Gasteiger partial charge is 0.484 e. The van der Waals surface area contributed by atoms with Crippen LogP contribution in [0.1, 0.15) is 54.4 Å². The van der Waals surface area contributed by atoms with Crippen molar-refractivity contribution < 1.29 is 9.53 Å². The fourth-order valence-electron chi connectivity index (χ4n) is 3.47. The molecule has 0 saturated heterocycles. The van der Waals surface area contributed by atoms with E-state index >= 15 is 0 Å². The van der Waals surface area contributed by atoms with Gasteiger partial charge >= 0.3 is 0 Å². The molecule has 142 valence electrons. The van der Waals surface area contributed by atoms with Crippen LogP contribution < -0.4 is 4.74 Å². The quantitative estimate of drug-likeness (QED) is 0.496. The van der Waals surface area contributed by atoms with Gasteiger partial charge in [-0.3, -0.25) is 4.79 Å². The summed E-state index contributed by atoms with van der Waals surface area (Å²) in [7, 11) is 0. The summed E-state index contributed by atoms with van der Waals surface area (Å²) in [5.41, 5.74) is 3.09. The Morgan fingerprint density at radius 1 is 1.04 bits per heavy atom. The molecule has 0 aliphatic heterocycles. The number of benzene rings is 2. The van der Waals surface area contributed by atoms with Crippen molar-refractivity contribution >= 4 is 16.7 Å². The van der Waals surface area contributed by atoms with Crippen molar-refractivity contribution in [3.05, 3.63) is 59.4 Å². The highest BCUT2D eigenvalue weighted by molar-refractivity contribution is 5.84. The Bertz CT molecular complexity index is 927. The van der Waals surface area contributed by atoms with Gasteiger partial charge in [0.05, 0.1) is 5.69 Å². The molecular weight excluding hydrogens is 336 g/mol. The van der Waals surface area contributed by atoms with E-state index in [1.807, 2.05) is 50.2 Å². The molecule has 1 aromatic heterocycles. The average molecular weight is 364 g/mol. The third-order valence-corrected chi connectivity index (χ3v) is 5.04. The van der Waals surface area contributed by atoms with Crippen LogP contribution in [0, 0.1) is 13.8 Å². The molecule has 4 heteroatoms. The first-order chi connectivity index (χ1) is 13.1. The molecular formula is C23H28N2O2. The number of aromatic nitrogens is 2. The van der Waals surface area contributed by atoms with Gasteiger partial charge in [-0.15, -0.1) is 0 Å². The summed E-state index contributed by atoms with van der Waals surface area (Å²) in [5, 5.41) is 6.71. The number of rotatable bonds is 8. The summed E-state index contributed by atoms with van der Waals surface area (Å²) < 4.78 is 7.24. The number of carbonyl (C=O) groups excluding carboxylic acids is 1. The number of nitrogens with zero attached hydrogens (tertiary/aromatic N) is 2. The van der Waals surface area contributed by atoms with E-state index in [9.17, 15) is 4.79 Å². The van der Waals surface area contributed by atoms with Crippen LogP contribution in [0.25, 0.3) is 10.8 Å². The number of fused-ring (bicyclic) bond motifs is 1. The fourth-order valence-corrected chi connectivity index (χ4v) is 3.47. The highest BCUT2D eigenvalue weighted by Gasteiger charge is 2.16. The first kappa shape index (κ1) is 19.2. The smallest absolute Gasteiger partial charge is 0.284 e. The van der Waals surface area contributed by atoms with Gasteiger partial charge in [0.1, 0.15) is 5.75 Å². The molecule has 27 heavy (non-hydrogen) atoms. The second-order valence-electron chi connectivity index (χ2n) is 7.06. The van der Waals surface area contributed by atoms with E-state index in [2.05, 4.69) is 18.1 Å². The molecule has 0 aliphatic carbocycles. The van der Waals surface area contributed by atoms with Crippen LogP contribution in [0.5, 0.6) is 5.75 Å². The second kappa shape index (κ2) is 8.85. The molecule has 0 N–H and O–H groups in total. The van der Waals surface area contributed by atoms with Crippen molar-refractivity contribution in [2.75, 3.05) is 6.61 Å². The van der Waals surface area contributed by atoms with E-state index in [4.69, 9.17) is 4.74 Å². The molecule has 0 atom stereocenters. The van der Waals surface area contributed by atoms with E-state index in [0.717, 1.165) is 35.0 Å². The molecule has 1 heterocycles. The van der Waals surface area contributed by atoms with Crippen molar-refractivity contribution in [3.63, 3.8) is 0 Å². The van der Waals surface area contributed by atoms with Crippen molar-refractivity contribution in [1.82, 2.24) is 9.78 Å². The lowest BCUT2D eigenvalue weighted by atomic mass is 10.0. The van der Waals surface area contributed by atoms with E-state index in [-0.39, 0.29) is 12.5 Å². The van der Waals surface area contributed by atoms with Gasteiger partial charge in [0.2, 0.25) is 0 Å². The van der Waals surface area contributed by atoms with Gasteiger partial charge in [0.15, 0.2) is 6.61 Å².